The monoisotopic (exact) mass is 867 g/mol. The van der Waals surface area contributed by atoms with Crippen LogP contribution < -0.4 is 0 Å². The Hall–Kier alpha value is -3.44. The van der Waals surface area contributed by atoms with Gasteiger partial charge >= 0.3 is 0 Å². The van der Waals surface area contributed by atoms with Gasteiger partial charge in [-0.3, -0.25) is 0 Å². The third kappa shape index (κ3) is 15.3. The van der Waals surface area contributed by atoms with E-state index in [2.05, 4.69) is 38.1 Å². The van der Waals surface area contributed by atoms with E-state index in [-0.39, 0.29) is 12.2 Å². The van der Waals surface area contributed by atoms with Crippen molar-refractivity contribution in [2.75, 3.05) is 0 Å². The zero-order chi connectivity index (χ0) is 44.2. The first kappa shape index (κ1) is 49.0. The van der Waals surface area contributed by atoms with Crippen LogP contribution in [0.1, 0.15) is 204 Å². The smallest absolute Gasteiger partial charge is 0.159 e. The highest BCUT2D eigenvalue weighted by Crippen LogP contribution is 2.48. The topological polar surface area (TPSA) is 9.23 Å². The van der Waals surface area contributed by atoms with E-state index >= 15 is 0 Å². The third-order valence-electron chi connectivity index (χ3n) is 14.8. The van der Waals surface area contributed by atoms with Crippen molar-refractivity contribution >= 4 is 0 Å². The molecule has 0 bridgehead atoms. The number of benzene rings is 4. The maximum absolute atomic E-state index is 14.3. The quantitative estimate of drug-likeness (QED) is 0.0451. The Morgan fingerprint density at radius 2 is 0.698 bits per heavy atom. The molecular formula is C58H78F4O. The van der Waals surface area contributed by atoms with Crippen LogP contribution in [0.25, 0.3) is 22.3 Å². The molecule has 2 fully saturated rings. The average molecular weight is 867 g/mol. The normalized spacial score (nSPS) is 20.2. The zero-order valence-electron chi connectivity index (χ0n) is 38.9. The molecule has 1 nitrogen and oxygen atoms in total. The van der Waals surface area contributed by atoms with Gasteiger partial charge in [-0.15, -0.1) is 0 Å². The number of unbranched alkanes of at least 4 members (excludes halogenated alkanes) is 14. The van der Waals surface area contributed by atoms with Gasteiger partial charge in [-0.1, -0.05) is 216 Å². The first-order valence-electron chi connectivity index (χ1n) is 25.6. The molecule has 4 aromatic carbocycles. The standard InChI is InChI=1S/C58H78F4O/c1-3-5-7-9-11-13-15-17-19-43-21-25-47(26-22-43)57(49-33-29-45(30-34-49)51-37-39-53(59)55(61)41-51)63-58(50-35-31-46(32-36-50)52-38-40-54(60)56(62)42-52)48-27-23-44(24-28-48)20-18-16-14-12-10-8-6-4-2/h29-44,47-48,57-58H,3-28H2,1-2H3/t43-,44-,47-,48-,57?,58?. The molecular weight excluding hydrogens is 789 g/mol. The zero-order valence-corrected chi connectivity index (χ0v) is 38.9. The highest BCUT2D eigenvalue weighted by atomic mass is 19.2. The highest BCUT2D eigenvalue weighted by molar-refractivity contribution is 5.64. The molecule has 0 saturated heterocycles. The SMILES string of the molecule is CCCCCCCCCC[C@H]1CC[C@H](C(OC(c2ccc(-c3ccc(F)c(F)c3)cc2)[C@H]2CC[C@H](CCCCCCCCCC)CC2)c2ccc(-c3ccc(F)c(F)c3)cc2)CC1. The minimum Gasteiger partial charge on any atom is -0.365 e. The Morgan fingerprint density at radius 3 is 1.03 bits per heavy atom. The van der Waals surface area contributed by atoms with E-state index < -0.39 is 23.3 Å². The number of halogens is 4. The van der Waals surface area contributed by atoms with Gasteiger partial charge < -0.3 is 4.74 Å². The summed E-state index contributed by atoms with van der Waals surface area (Å²) in [5.74, 6) is -1.07. The summed E-state index contributed by atoms with van der Waals surface area (Å²) in [6.45, 7) is 4.56. The second-order valence-electron chi connectivity index (χ2n) is 19.6. The van der Waals surface area contributed by atoms with Crippen molar-refractivity contribution in [2.45, 2.75) is 193 Å². The van der Waals surface area contributed by atoms with Crippen LogP contribution in [0.3, 0.4) is 0 Å². The summed E-state index contributed by atoms with van der Waals surface area (Å²) < 4.78 is 63.9. The van der Waals surface area contributed by atoms with Crippen LogP contribution in [-0.4, -0.2) is 0 Å². The first-order valence-corrected chi connectivity index (χ1v) is 25.6. The van der Waals surface area contributed by atoms with E-state index in [9.17, 15) is 17.6 Å². The van der Waals surface area contributed by atoms with Gasteiger partial charge in [0.1, 0.15) is 0 Å². The summed E-state index contributed by atoms with van der Waals surface area (Å²) >= 11 is 0. The Labute approximate surface area is 379 Å². The van der Waals surface area contributed by atoms with Crippen LogP contribution >= 0.6 is 0 Å². The van der Waals surface area contributed by atoms with E-state index in [0.29, 0.717) is 23.0 Å². The molecule has 0 aliphatic heterocycles. The predicted octanol–water partition coefficient (Wildman–Crippen LogP) is 19.1. The number of rotatable bonds is 26. The lowest BCUT2D eigenvalue weighted by atomic mass is 9.74. The van der Waals surface area contributed by atoms with Gasteiger partial charge in [-0.25, -0.2) is 17.6 Å². The molecule has 5 heteroatoms. The van der Waals surface area contributed by atoms with Crippen molar-refractivity contribution in [3.63, 3.8) is 0 Å². The van der Waals surface area contributed by atoms with Gasteiger partial charge in [-0.05, 0) is 107 Å². The molecule has 0 amide bonds. The Balaban J connectivity index is 1.18. The summed E-state index contributed by atoms with van der Waals surface area (Å²) in [6, 6.07) is 25.0. The van der Waals surface area contributed by atoms with Crippen LogP contribution in [0.2, 0.25) is 0 Å². The van der Waals surface area contributed by atoms with E-state index in [0.717, 1.165) is 59.8 Å². The van der Waals surface area contributed by atoms with Crippen LogP contribution in [0.15, 0.2) is 84.9 Å². The van der Waals surface area contributed by atoms with Crippen molar-refractivity contribution < 1.29 is 22.3 Å². The molecule has 63 heavy (non-hydrogen) atoms. The van der Waals surface area contributed by atoms with Gasteiger partial charge in [0.15, 0.2) is 23.3 Å². The molecule has 2 saturated carbocycles. The minimum absolute atomic E-state index is 0.112. The van der Waals surface area contributed by atoms with Gasteiger partial charge in [0.25, 0.3) is 0 Å². The maximum Gasteiger partial charge on any atom is 0.159 e. The molecule has 0 spiro atoms. The molecule has 0 radical (unpaired) electrons. The first-order chi connectivity index (χ1) is 30.8. The van der Waals surface area contributed by atoms with Crippen molar-refractivity contribution in [1.82, 2.24) is 0 Å². The summed E-state index contributed by atoms with van der Waals surface area (Å²) in [5.41, 5.74) is 5.29. The molecule has 6 rings (SSSR count). The molecule has 2 atom stereocenters. The molecule has 2 unspecified atom stereocenters. The molecule has 4 aromatic rings. The van der Waals surface area contributed by atoms with Crippen LogP contribution in [0, 0.1) is 46.9 Å². The molecule has 0 aromatic heterocycles. The van der Waals surface area contributed by atoms with E-state index in [1.54, 1.807) is 12.1 Å². The van der Waals surface area contributed by atoms with E-state index in [1.165, 1.54) is 166 Å². The minimum atomic E-state index is -0.840. The van der Waals surface area contributed by atoms with Gasteiger partial charge in [0, 0.05) is 0 Å². The summed E-state index contributed by atoms with van der Waals surface area (Å²) in [4.78, 5) is 0. The second-order valence-corrected chi connectivity index (χ2v) is 19.6. The van der Waals surface area contributed by atoms with Crippen molar-refractivity contribution in [2.24, 2.45) is 23.7 Å². The fourth-order valence-corrected chi connectivity index (χ4v) is 10.9. The van der Waals surface area contributed by atoms with Crippen LogP contribution in [-0.2, 0) is 4.74 Å². The number of hydrogen-bond donors (Lipinski definition) is 0. The van der Waals surface area contributed by atoms with Gasteiger partial charge in [0.2, 0.25) is 0 Å². The lowest BCUT2D eigenvalue weighted by Crippen LogP contribution is -2.28. The lowest BCUT2D eigenvalue weighted by molar-refractivity contribution is -0.0907. The molecule has 2 aliphatic rings. The van der Waals surface area contributed by atoms with Crippen LogP contribution in [0.5, 0.6) is 0 Å². The molecule has 344 valence electrons. The average Bonchev–Trinajstić information content (AvgIpc) is 3.31. The number of hydrogen-bond acceptors (Lipinski definition) is 1. The molecule has 2 aliphatic carbocycles. The lowest BCUT2D eigenvalue weighted by Gasteiger charge is -2.40. The Kier molecular flexibility index (Phi) is 20.6. The van der Waals surface area contributed by atoms with Crippen molar-refractivity contribution in [3.05, 3.63) is 119 Å². The fraction of sp³-hybridized carbons (Fsp3) is 0.586. The molecule has 0 N–H and O–H groups in total. The number of ether oxygens (including phenoxy) is 1. The van der Waals surface area contributed by atoms with E-state index in [4.69, 9.17) is 4.74 Å². The Morgan fingerprint density at radius 1 is 0.381 bits per heavy atom. The van der Waals surface area contributed by atoms with E-state index in [1.807, 2.05) is 24.3 Å². The fourth-order valence-electron chi connectivity index (χ4n) is 10.9. The maximum atomic E-state index is 14.3. The Bertz CT molecular complexity index is 1740. The highest BCUT2D eigenvalue weighted by Gasteiger charge is 2.36. The third-order valence-corrected chi connectivity index (χ3v) is 14.8. The van der Waals surface area contributed by atoms with Crippen molar-refractivity contribution in [3.8, 4) is 22.3 Å². The second kappa shape index (κ2) is 26.5. The van der Waals surface area contributed by atoms with Crippen molar-refractivity contribution in [1.29, 1.82) is 0 Å². The summed E-state index contributed by atoms with van der Waals surface area (Å²) in [7, 11) is 0. The van der Waals surface area contributed by atoms with Gasteiger partial charge in [0.05, 0.1) is 12.2 Å². The van der Waals surface area contributed by atoms with Gasteiger partial charge in [-0.2, -0.15) is 0 Å². The summed E-state index contributed by atoms with van der Waals surface area (Å²) in [6.07, 6.45) is 33.5. The van der Waals surface area contributed by atoms with Crippen LogP contribution in [0.4, 0.5) is 17.6 Å². The predicted molar refractivity (Wildman–Crippen MR) is 256 cm³/mol. The molecule has 0 heterocycles. The largest absolute Gasteiger partial charge is 0.365 e. The summed E-state index contributed by atoms with van der Waals surface area (Å²) in [5, 5.41) is 0.